The minimum absolute atomic E-state index is 0.162. The number of benzene rings is 2. The van der Waals surface area contributed by atoms with E-state index < -0.39 is 18.6 Å². The summed E-state index contributed by atoms with van der Waals surface area (Å²) in [7, 11) is -5.97. The number of aryl methyl sites for hydroxylation is 1. The van der Waals surface area contributed by atoms with E-state index in [-0.39, 0.29) is 5.75 Å². The van der Waals surface area contributed by atoms with Gasteiger partial charge in [0.25, 0.3) is 0 Å². The smallest absolute Gasteiger partial charge is 0.374 e. The zero-order valence-electron chi connectivity index (χ0n) is 24.6. The van der Waals surface area contributed by atoms with Gasteiger partial charge in [-0.15, -0.1) is 0 Å². The Kier molecular flexibility index (Phi) is 14.3. The first kappa shape index (κ1) is 33.1. The van der Waals surface area contributed by atoms with Crippen LogP contribution in [0.2, 0.25) is 6.04 Å². The number of unbranched alkanes of at least 4 members (excludes halogenated alkanes) is 1. The summed E-state index contributed by atoms with van der Waals surface area (Å²) in [6, 6.07) is 13.5. The fraction of sp³-hybridized carbons (Fsp3) is 0.586. The summed E-state index contributed by atoms with van der Waals surface area (Å²) >= 11 is 0. The molecule has 0 N–H and O–H groups in total. The molecule has 0 amide bonds. The Bertz CT molecular complexity index is 1110. The summed E-state index contributed by atoms with van der Waals surface area (Å²) in [4.78, 5) is 2.67. The molecule has 0 bridgehead atoms. The first-order valence-electron chi connectivity index (χ1n) is 14.3. The molecular formula is C29H47N3O5SSi. The predicted molar refractivity (Wildman–Crippen MR) is 161 cm³/mol. The van der Waals surface area contributed by atoms with Gasteiger partial charge in [-0.3, -0.25) is 0 Å². The molecule has 8 nitrogen and oxygen atoms in total. The molecule has 0 aromatic heterocycles. The van der Waals surface area contributed by atoms with Crippen LogP contribution in [0.3, 0.4) is 0 Å². The van der Waals surface area contributed by atoms with E-state index in [0.717, 1.165) is 44.1 Å². The molecular weight excluding hydrogens is 530 g/mol. The number of azo groups is 1. The van der Waals surface area contributed by atoms with Crippen LogP contribution in [-0.4, -0.2) is 55.9 Å². The second-order valence-corrected chi connectivity index (χ2v) is 14.0. The molecule has 0 heterocycles. The van der Waals surface area contributed by atoms with E-state index in [1.165, 1.54) is 11.3 Å². The minimum Gasteiger partial charge on any atom is -0.374 e. The molecule has 0 atom stereocenters. The second-order valence-electron chi connectivity index (χ2n) is 9.19. The average molecular weight is 578 g/mol. The first-order valence-corrected chi connectivity index (χ1v) is 17.9. The van der Waals surface area contributed by atoms with Crippen molar-refractivity contribution < 1.29 is 21.7 Å². The molecule has 0 saturated carbocycles. The van der Waals surface area contributed by atoms with E-state index >= 15 is 0 Å². The van der Waals surface area contributed by atoms with E-state index in [9.17, 15) is 8.42 Å². The third-order valence-electron chi connectivity index (χ3n) is 6.43. The quantitative estimate of drug-likeness (QED) is 0.127. The van der Waals surface area contributed by atoms with Crippen molar-refractivity contribution in [1.29, 1.82) is 0 Å². The molecule has 0 spiro atoms. The highest BCUT2D eigenvalue weighted by Gasteiger charge is 2.39. The Morgan fingerprint density at radius 2 is 1.33 bits per heavy atom. The summed E-state index contributed by atoms with van der Waals surface area (Å²) in [5, 5.41) is 8.84. The molecule has 10 heteroatoms. The summed E-state index contributed by atoms with van der Waals surface area (Å²) in [6.07, 6.45) is 3.20. The van der Waals surface area contributed by atoms with Crippen molar-refractivity contribution in [2.45, 2.75) is 78.2 Å². The molecule has 0 aliphatic carbocycles. The number of nitrogens with zero attached hydrogens (tertiary/aromatic N) is 3. The topological polar surface area (TPSA) is 89.8 Å². The lowest BCUT2D eigenvalue weighted by Crippen LogP contribution is -2.46. The summed E-state index contributed by atoms with van der Waals surface area (Å²) in [5.74, 6) is 0.162. The average Bonchev–Trinajstić information content (AvgIpc) is 2.93. The van der Waals surface area contributed by atoms with E-state index in [1.807, 2.05) is 33.8 Å². The molecule has 0 aliphatic heterocycles. The van der Waals surface area contributed by atoms with Crippen LogP contribution in [0.25, 0.3) is 0 Å². The van der Waals surface area contributed by atoms with Crippen molar-refractivity contribution in [2.24, 2.45) is 10.2 Å². The molecule has 2 aromatic carbocycles. The van der Waals surface area contributed by atoms with Gasteiger partial charge in [-0.25, -0.2) is 8.42 Å². The molecule has 0 fully saturated rings. The minimum atomic E-state index is -3.26. The van der Waals surface area contributed by atoms with Crippen LogP contribution >= 0.6 is 0 Å². The molecule has 0 radical (unpaired) electrons. The largest absolute Gasteiger partial charge is 0.500 e. The number of anilines is 1. The summed E-state index contributed by atoms with van der Waals surface area (Å²) in [6.45, 7) is 15.8. The number of hydrogen-bond acceptors (Lipinski definition) is 8. The number of hydrogen-bond donors (Lipinski definition) is 0. The number of rotatable bonds is 19. The standard InChI is InChI=1S/C29H47N3O5SSi/c1-7-13-22-38(33,34)28-19-16-26(17-20-28)30-31-27-18-21-29(32(8-2)9-3)25(24-27)15-14-23-39(35-10-4,36-11-5)37-12-6/h16-21,24H,7-15,22-23H2,1-6H3. The van der Waals surface area contributed by atoms with Gasteiger partial charge in [0.2, 0.25) is 0 Å². The lowest BCUT2D eigenvalue weighted by Gasteiger charge is -2.29. The van der Waals surface area contributed by atoms with Gasteiger partial charge in [0.15, 0.2) is 9.84 Å². The molecule has 0 unspecified atom stereocenters. The van der Waals surface area contributed by atoms with Crippen LogP contribution in [0.5, 0.6) is 0 Å². The number of sulfone groups is 1. The van der Waals surface area contributed by atoms with Gasteiger partial charge in [0, 0.05) is 44.6 Å². The lowest BCUT2D eigenvalue weighted by atomic mass is 10.1. The highest BCUT2D eigenvalue weighted by Crippen LogP contribution is 2.30. The van der Waals surface area contributed by atoms with Gasteiger partial charge < -0.3 is 18.2 Å². The third-order valence-corrected chi connectivity index (χ3v) is 11.4. The Hall–Kier alpha value is -2.11. The monoisotopic (exact) mass is 577 g/mol. The SMILES string of the molecule is CCCCS(=O)(=O)c1ccc(N=Nc2ccc(N(CC)CC)c(CCC[Si](OCC)(OCC)OCC)c2)cc1. The molecule has 0 saturated heterocycles. The fourth-order valence-corrected chi connectivity index (χ4v) is 8.56. The van der Waals surface area contributed by atoms with Crippen LogP contribution < -0.4 is 4.90 Å². The van der Waals surface area contributed by atoms with Crippen molar-refractivity contribution in [3.8, 4) is 0 Å². The van der Waals surface area contributed by atoms with Crippen molar-refractivity contribution in [1.82, 2.24) is 0 Å². The van der Waals surface area contributed by atoms with Gasteiger partial charge >= 0.3 is 8.80 Å². The van der Waals surface area contributed by atoms with Crippen molar-refractivity contribution in [3.05, 3.63) is 48.0 Å². The summed E-state index contributed by atoms with van der Waals surface area (Å²) < 4.78 is 43.0. The van der Waals surface area contributed by atoms with Crippen LogP contribution in [0.4, 0.5) is 17.1 Å². The fourth-order valence-electron chi connectivity index (χ4n) is 4.49. The lowest BCUT2D eigenvalue weighted by molar-refractivity contribution is 0.0708. The summed E-state index contributed by atoms with van der Waals surface area (Å²) in [5.41, 5.74) is 3.75. The van der Waals surface area contributed by atoms with Crippen LogP contribution in [0.1, 0.15) is 66.4 Å². The Morgan fingerprint density at radius 3 is 1.87 bits per heavy atom. The van der Waals surface area contributed by atoms with Crippen LogP contribution in [0, 0.1) is 0 Å². The van der Waals surface area contributed by atoms with E-state index in [0.29, 0.717) is 36.8 Å². The molecule has 2 rings (SSSR count). The second kappa shape index (κ2) is 16.9. The normalized spacial score (nSPS) is 12.4. The predicted octanol–water partition coefficient (Wildman–Crippen LogP) is 7.50. The maximum Gasteiger partial charge on any atom is 0.500 e. The molecule has 0 aliphatic rings. The van der Waals surface area contributed by atoms with Gasteiger partial charge in [0.05, 0.1) is 22.0 Å². The van der Waals surface area contributed by atoms with Crippen molar-refractivity contribution in [2.75, 3.05) is 43.6 Å². The zero-order valence-corrected chi connectivity index (χ0v) is 26.4. The van der Waals surface area contributed by atoms with Gasteiger partial charge in [-0.05, 0) is 102 Å². The highest BCUT2D eigenvalue weighted by molar-refractivity contribution is 7.91. The highest BCUT2D eigenvalue weighted by atomic mass is 32.2. The van der Waals surface area contributed by atoms with E-state index in [2.05, 4.69) is 41.1 Å². The Morgan fingerprint density at radius 1 is 0.769 bits per heavy atom. The van der Waals surface area contributed by atoms with Crippen molar-refractivity contribution >= 4 is 35.7 Å². The van der Waals surface area contributed by atoms with Gasteiger partial charge in [0.1, 0.15) is 0 Å². The van der Waals surface area contributed by atoms with Crippen molar-refractivity contribution in [3.63, 3.8) is 0 Å². The van der Waals surface area contributed by atoms with E-state index in [1.54, 1.807) is 24.3 Å². The Balaban J connectivity index is 2.24. The van der Waals surface area contributed by atoms with Gasteiger partial charge in [-0.1, -0.05) is 13.3 Å². The third kappa shape index (κ3) is 10.1. The zero-order chi connectivity index (χ0) is 28.7. The first-order chi connectivity index (χ1) is 18.8. The maximum absolute atomic E-state index is 12.4. The van der Waals surface area contributed by atoms with Gasteiger partial charge in [-0.2, -0.15) is 10.2 Å². The van der Waals surface area contributed by atoms with E-state index in [4.69, 9.17) is 13.3 Å². The molecule has 218 valence electrons. The molecule has 2 aromatic rings. The Labute approximate surface area is 237 Å². The maximum atomic E-state index is 12.4. The van der Waals surface area contributed by atoms with Crippen LogP contribution in [-0.2, 0) is 29.5 Å². The molecule has 39 heavy (non-hydrogen) atoms. The van der Waals surface area contributed by atoms with Crippen LogP contribution in [0.15, 0.2) is 57.6 Å².